The normalized spacial score (nSPS) is 11.4. The van der Waals surface area contributed by atoms with E-state index in [4.69, 9.17) is 34.8 Å². The molecular formula is C18H12Cl3OP. The monoisotopic (exact) mass is 380 g/mol. The number of hydrogen-bond donors (Lipinski definition) is 0. The lowest BCUT2D eigenvalue weighted by atomic mass is 10.3. The van der Waals surface area contributed by atoms with E-state index in [1.54, 1.807) is 54.6 Å². The SMILES string of the molecule is O=P(c1ccccc1Cl)(c1ccccc1Cl)c1ccccc1Cl. The van der Waals surface area contributed by atoms with Crippen molar-refractivity contribution in [2.75, 3.05) is 0 Å². The highest BCUT2D eigenvalue weighted by Gasteiger charge is 2.34. The molecule has 0 aliphatic carbocycles. The van der Waals surface area contributed by atoms with Crippen LogP contribution in [0.2, 0.25) is 15.1 Å². The molecule has 0 atom stereocenters. The van der Waals surface area contributed by atoms with Gasteiger partial charge in [-0.25, -0.2) is 0 Å². The highest BCUT2D eigenvalue weighted by molar-refractivity contribution is 7.86. The molecule has 0 bridgehead atoms. The van der Waals surface area contributed by atoms with Crippen LogP contribution in [0, 0.1) is 0 Å². The molecular weight excluding hydrogens is 370 g/mol. The van der Waals surface area contributed by atoms with Crippen LogP contribution in [0.25, 0.3) is 0 Å². The standard InChI is InChI=1S/C18H12Cl3OP/c19-13-7-1-4-10-16(13)23(22,17-11-5-2-8-14(17)20)18-12-6-3-9-15(18)21/h1-12H. The van der Waals surface area contributed by atoms with Gasteiger partial charge in [-0.2, -0.15) is 0 Å². The molecule has 3 aromatic carbocycles. The van der Waals surface area contributed by atoms with Crippen molar-refractivity contribution in [3.05, 3.63) is 87.9 Å². The summed E-state index contributed by atoms with van der Waals surface area (Å²) in [6, 6.07) is 21.3. The zero-order valence-electron chi connectivity index (χ0n) is 11.9. The van der Waals surface area contributed by atoms with Crippen molar-refractivity contribution in [3.8, 4) is 0 Å². The van der Waals surface area contributed by atoms with Crippen LogP contribution in [0.3, 0.4) is 0 Å². The molecule has 0 heterocycles. The molecule has 0 unspecified atom stereocenters. The van der Waals surface area contributed by atoms with Crippen LogP contribution in [0.5, 0.6) is 0 Å². The molecule has 0 saturated carbocycles. The first-order valence-corrected chi connectivity index (χ1v) is 9.74. The van der Waals surface area contributed by atoms with Crippen LogP contribution >= 0.6 is 41.9 Å². The summed E-state index contributed by atoms with van der Waals surface area (Å²) < 4.78 is 14.2. The fourth-order valence-corrected chi connectivity index (χ4v) is 6.78. The Hall–Kier alpha value is -1.24. The minimum absolute atomic E-state index is 0.427. The second kappa shape index (κ2) is 6.71. The van der Waals surface area contributed by atoms with Gasteiger partial charge in [0.25, 0.3) is 0 Å². The Morgan fingerprint density at radius 3 is 1.04 bits per heavy atom. The average molecular weight is 382 g/mol. The molecule has 5 heteroatoms. The lowest BCUT2D eigenvalue weighted by molar-refractivity contribution is 0.592. The van der Waals surface area contributed by atoms with Crippen molar-refractivity contribution >= 4 is 57.9 Å². The van der Waals surface area contributed by atoms with Crippen molar-refractivity contribution in [2.24, 2.45) is 0 Å². The van der Waals surface area contributed by atoms with Crippen molar-refractivity contribution < 1.29 is 4.57 Å². The Morgan fingerprint density at radius 2 is 0.783 bits per heavy atom. The highest BCUT2D eigenvalue weighted by Crippen LogP contribution is 2.47. The maximum absolute atomic E-state index is 14.2. The number of halogens is 3. The van der Waals surface area contributed by atoms with E-state index in [2.05, 4.69) is 0 Å². The molecule has 0 aliphatic heterocycles. The summed E-state index contributed by atoms with van der Waals surface area (Å²) in [6.45, 7) is 0. The van der Waals surface area contributed by atoms with Crippen molar-refractivity contribution in [1.82, 2.24) is 0 Å². The molecule has 3 aromatic rings. The van der Waals surface area contributed by atoms with E-state index in [1.807, 2.05) is 18.2 Å². The second-order valence-corrected chi connectivity index (χ2v) is 8.85. The maximum Gasteiger partial charge on any atom is 0.175 e. The summed E-state index contributed by atoms with van der Waals surface area (Å²) in [5.41, 5.74) is 0. The Bertz CT molecular complexity index is 790. The third-order valence-corrected chi connectivity index (χ3v) is 8.16. The van der Waals surface area contributed by atoms with Gasteiger partial charge in [-0.1, -0.05) is 71.2 Å². The molecule has 23 heavy (non-hydrogen) atoms. The van der Waals surface area contributed by atoms with E-state index in [0.717, 1.165) is 0 Å². The molecule has 0 radical (unpaired) electrons. The summed E-state index contributed by atoms with van der Waals surface area (Å²) >= 11 is 19.1. The predicted molar refractivity (Wildman–Crippen MR) is 101 cm³/mol. The average Bonchev–Trinajstić information content (AvgIpc) is 2.55. The van der Waals surface area contributed by atoms with Crippen LogP contribution in [0.1, 0.15) is 0 Å². The first kappa shape index (κ1) is 16.6. The van der Waals surface area contributed by atoms with Gasteiger partial charge in [0.2, 0.25) is 0 Å². The lowest BCUT2D eigenvalue weighted by Gasteiger charge is -2.22. The molecule has 1 nitrogen and oxygen atoms in total. The highest BCUT2D eigenvalue weighted by atomic mass is 35.5. The van der Waals surface area contributed by atoms with Gasteiger partial charge < -0.3 is 4.57 Å². The van der Waals surface area contributed by atoms with E-state index < -0.39 is 7.14 Å². The van der Waals surface area contributed by atoms with Gasteiger partial charge >= 0.3 is 0 Å². The molecule has 116 valence electrons. The predicted octanol–water partition coefficient (Wildman–Crippen LogP) is 5.29. The van der Waals surface area contributed by atoms with Gasteiger partial charge in [0, 0.05) is 15.9 Å². The summed E-state index contributed by atoms with van der Waals surface area (Å²) in [5.74, 6) is 0. The summed E-state index contributed by atoms with van der Waals surface area (Å²) in [7, 11) is -3.29. The smallest absolute Gasteiger partial charge is 0.175 e. The van der Waals surface area contributed by atoms with Gasteiger partial charge in [0.1, 0.15) is 0 Å². The maximum atomic E-state index is 14.2. The van der Waals surface area contributed by atoms with E-state index in [1.165, 1.54) is 0 Å². The van der Waals surface area contributed by atoms with E-state index in [9.17, 15) is 4.57 Å². The Morgan fingerprint density at radius 1 is 0.522 bits per heavy atom. The first-order valence-electron chi connectivity index (χ1n) is 6.90. The van der Waals surface area contributed by atoms with Gasteiger partial charge in [0.15, 0.2) is 7.14 Å². The number of rotatable bonds is 3. The van der Waals surface area contributed by atoms with E-state index in [-0.39, 0.29) is 0 Å². The van der Waals surface area contributed by atoms with Crippen LogP contribution in [-0.4, -0.2) is 0 Å². The fraction of sp³-hybridized carbons (Fsp3) is 0. The fourth-order valence-electron chi connectivity index (χ4n) is 2.51. The minimum Gasteiger partial charge on any atom is -0.308 e. The zero-order chi connectivity index (χ0) is 16.4. The summed E-state index contributed by atoms with van der Waals surface area (Å²) in [6.07, 6.45) is 0. The zero-order valence-corrected chi connectivity index (χ0v) is 15.1. The van der Waals surface area contributed by atoms with Crippen LogP contribution < -0.4 is 15.9 Å². The summed E-state index contributed by atoms with van der Waals surface area (Å²) in [5, 5.41) is 2.87. The van der Waals surface area contributed by atoms with Crippen LogP contribution in [0.4, 0.5) is 0 Å². The van der Waals surface area contributed by atoms with Crippen LogP contribution in [-0.2, 0) is 4.57 Å². The lowest BCUT2D eigenvalue weighted by Crippen LogP contribution is -2.27. The van der Waals surface area contributed by atoms with Gasteiger partial charge in [-0.15, -0.1) is 0 Å². The van der Waals surface area contributed by atoms with Gasteiger partial charge in [-0.3, -0.25) is 0 Å². The Balaban J connectivity index is 2.41. The second-order valence-electron chi connectivity index (χ2n) is 4.96. The van der Waals surface area contributed by atoms with E-state index >= 15 is 0 Å². The first-order chi connectivity index (χ1) is 11.0. The molecule has 0 fully saturated rings. The molecule has 0 spiro atoms. The molecule has 0 N–H and O–H groups in total. The van der Waals surface area contributed by atoms with Crippen molar-refractivity contribution in [2.45, 2.75) is 0 Å². The molecule has 3 rings (SSSR count). The minimum atomic E-state index is -3.29. The molecule has 0 aromatic heterocycles. The Labute approximate surface area is 150 Å². The van der Waals surface area contributed by atoms with Gasteiger partial charge in [-0.05, 0) is 36.4 Å². The van der Waals surface area contributed by atoms with E-state index in [0.29, 0.717) is 31.0 Å². The van der Waals surface area contributed by atoms with Crippen LogP contribution in [0.15, 0.2) is 72.8 Å². The number of hydrogen-bond acceptors (Lipinski definition) is 1. The van der Waals surface area contributed by atoms with Gasteiger partial charge in [0.05, 0.1) is 15.1 Å². The van der Waals surface area contributed by atoms with Crippen molar-refractivity contribution in [3.63, 3.8) is 0 Å². The topological polar surface area (TPSA) is 17.1 Å². The Kier molecular flexibility index (Phi) is 4.85. The third kappa shape index (κ3) is 2.95. The van der Waals surface area contributed by atoms with Crippen molar-refractivity contribution in [1.29, 1.82) is 0 Å². The number of benzene rings is 3. The molecule has 0 amide bonds. The third-order valence-electron chi connectivity index (χ3n) is 3.58. The summed E-state index contributed by atoms with van der Waals surface area (Å²) in [4.78, 5) is 0. The quantitative estimate of drug-likeness (QED) is 0.564. The largest absolute Gasteiger partial charge is 0.308 e. The molecule has 0 aliphatic rings. The molecule has 0 saturated heterocycles.